The van der Waals surface area contributed by atoms with Gasteiger partial charge >= 0.3 is 0 Å². The first-order chi connectivity index (χ1) is 9.19. The Kier molecular flexibility index (Phi) is 4.93. The molecule has 4 heteroatoms. The number of likely N-dealkylation sites (N-methyl/N-ethyl adjacent to an activating group) is 2. The SMILES string of the molecule is CCNCCN(C)CCc1ccc2c(c1)CC(=O)N2. The molecule has 4 nitrogen and oxygen atoms in total. The van der Waals surface area contributed by atoms with Gasteiger partial charge in [0.15, 0.2) is 0 Å². The quantitative estimate of drug-likeness (QED) is 0.726. The molecule has 2 N–H and O–H groups in total. The zero-order chi connectivity index (χ0) is 13.7. The van der Waals surface area contributed by atoms with Gasteiger partial charge in [0.05, 0.1) is 6.42 Å². The number of anilines is 1. The molecule has 0 spiro atoms. The molecule has 0 saturated heterocycles. The maximum Gasteiger partial charge on any atom is 0.228 e. The Bertz CT molecular complexity index is 445. The van der Waals surface area contributed by atoms with Gasteiger partial charge in [-0.15, -0.1) is 0 Å². The van der Waals surface area contributed by atoms with Gasteiger partial charge in [0.25, 0.3) is 0 Å². The van der Waals surface area contributed by atoms with Gasteiger partial charge in [0.1, 0.15) is 0 Å². The van der Waals surface area contributed by atoms with E-state index in [0.717, 1.165) is 43.9 Å². The highest BCUT2D eigenvalue weighted by Crippen LogP contribution is 2.23. The van der Waals surface area contributed by atoms with Gasteiger partial charge < -0.3 is 15.5 Å². The molecule has 0 bridgehead atoms. The molecule has 1 aromatic carbocycles. The highest BCUT2D eigenvalue weighted by Gasteiger charge is 2.17. The summed E-state index contributed by atoms with van der Waals surface area (Å²) in [5.74, 6) is 0.106. The average molecular weight is 261 g/mol. The van der Waals surface area contributed by atoms with Crippen LogP contribution in [0.3, 0.4) is 0 Å². The molecule has 0 aliphatic carbocycles. The third-order valence-electron chi connectivity index (χ3n) is 3.50. The van der Waals surface area contributed by atoms with E-state index in [2.05, 4.69) is 41.6 Å². The molecular formula is C15H23N3O. The van der Waals surface area contributed by atoms with Gasteiger partial charge in [0, 0.05) is 25.3 Å². The van der Waals surface area contributed by atoms with Crippen molar-refractivity contribution in [2.24, 2.45) is 0 Å². The van der Waals surface area contributed by atoms with Crippen molar-refractivity contribution in [2.75, 3.05) is 38.5 Å². The Morgan fingerprint density at radius 1 is 1.37 bits per heavy atom. The minimum absolute atomic E-state index is 0.106. The smallest absolute Gasteiger partial charge is 0.228 e. The molecule has 0 unspecified atom stereocenters. The first-order valence-corrected chi connectivity index (χ1v) is 7.00. The van der Waals surface area contributed by atoms with Gasteiger partial charge in [0.2, 0.25) is 5.91 Å². The fraction of sp³-hybridized carbons (Fsp3) is 0.533. The monoisotopic (exact) mass is 261 g/mol. The Labute approximate surface area is 115 Å². The minimum atomic E-state index is 0.106. The first kappa shape index (κ1) is 14.0. The summed E-state index contributed by atoms with van der Waals surface area (Å²) in [4.78, 5) is 13.6. The van der Waals surface area contributed by atoms with Crippen molar-refractivity contribution >= 4 is 11.6 Å². The maximum absolute atomic E-state index is 11.3. The number of nitrogens with one attached hydrogen (secondary N) is 2. The number of fused-ring (bicyclic) bond motifs is 1. The average Bonchev–Trinajstić information content (AvgIpc) is 2.76. The third-order valence-corrected chi connectivity index (χ3v) is 3.50. The number of hydrogen-bond donors (Lipinski definition) is 2. The molecule has 1 amide bonds. The Morgan fingerprint density at radius 3 is 3.00 bits per heavy atom. The summed E-state index contributed by atoms with van der Waals surface area (Å²) in [5, 5.41) is 6.19. The zero-order valence-electron chi connectivity index (χ0n) is 11.8. The van der Waals surface area contributed by atoms with Gasteiger partial charge in [-0.1, -0.05) is 19.1 Å². The summed E-state index contributed by atoms with van der Waals surface area (Å²) in [5.41, 5.74) is 3.43. The summed E-state index contributed by atoms with van der Waals surface area (Å²) in [7, 11) is 2.15. The first-order valence-electron chi connectivity index (χ1n) is 7.00. The molecule has 19 heavy (non-hydrogen) atoms. The lowest BCUT2D eigenvalue weighted by molar-refractivity contribution is -0.115. The summed E-state index contributed by atoms with van der Waals surface area (Å²) in [6, 6.07) is 6.29. The van der Waals surface area contributed by atoms with E-state index in [-0.39, 0.29) is 5.91 Å². The lowest BCUT2D eigenvalue weighted by Crippen LogP contribution is -2.30. The Hall–Kier alpha value is -1.39. The van der Waals surface area contributed by atoms with Crippen molar-refractivity contribution in [3.8, 4) is 0 Å². The molecule has 0 radical (unpaired) electrons. The molecule has 0 fully saturated rings. The van der Waals surface area contributed by atoms with Gasteiger partial charge in [-0.25, -0.2) is 0 Å². The number of rotatable bonds is 7. The molecule has 0 atom stereocenters. The third kappa shape index (κ3) is 4.04. The Balaban J connectivity index is 1.80. The molecule has 2 rings (SSSR count). The van der Waals surface area contributed by atoms with E-state index in [0.29, 0.717) is 6.42 Å². The zero-order valence-corrected chi connectivity index (χ0v) is 11.8. The number of hydrogen-bond acceptors (Lipinski definition) is 3. The summed E-state index contributed by atoms with van der Waals surface area (Å²) in [6.45, 7) is 6.31. The molecule has 104 valence electrons. The van der Waals surface area contributed by atoms with Crippen LogP contribution in [0.15, 0.2) is 18.2 Å². The lowest BCUT2D eigenvalue weighted by atomic mass is 10.1. The van der Waals surface area contributed by atoms with Crippen LogP contribution in [-0.4, -0.2) is 44.0 Å². The van der Waals surface area contributed by atoms with Crippen LogP contribution in [0.5, 0.6) is 0 Å². The van der Waals surface area contributed by atoms with Gasteiger partial charge in [-0.3, -0.25) is 4.79 Å². The van der Waals surface area contributed by atoms with E-state index in [1.165, 1.54) is 5.56 Å². The second-order valence-electron chi connectivity index (χ2n) is 5.12. The predicted molar refractivity (Wildman–Crippen MR) is 78.5 cm³/mol. The molecular weight excluding hydrogens is 238 g/mol. The van der Waals surface area contributed by atoms with Crippen molar-refractivity contribution in [3.05, 3.63) is 29.3 Å². The van der Waals surface area contributed by atoms with E-state index < -0.39 is 0 Å². The summed E-state index contributed by atoms with van der Waals surface area (Å²) >= 11 is 0. The van der Waals surface area contributed by atoms with Crippen LogP contribution in [0.2, 0.25) is 0 Å². The second kappa shape index (κ2) is 6.68. The van der Waals surface area contributed by atoms with Crippen LogP contribution in [0, 0.1) is 0 Å². The highest BCUT2D eigenvalue weighted by molar-refractivity contribution is 5.99. The fourth-order valence-electron chi connectivity index (χ4n) is 2.32. The molecule has 1 aliphatic heterocycles. The summed E-state index contributed by atoms with van der Waals surface area (Å²) < 4.78 is 0. The highest BCUT2D eigenvalue weighted by atomic mass is 16.1. The second-order valence-corrected chi connectivity index (χ2v) is 5.12. The van der Waals surface area contributed by atoms with Gasteiger partial charge in [-0.2, -0.15) is 0 Å². The normalized spacial score (nSPS) is 13.7. The number of nitrogens with zero attached hydrogens (tertiary/aromatic N) is 1. The minimum Gasteiger partial charge on any atom is -0.326 e. The number of carbonyl (C=O) groups is 1. The van der Waals surface area contributed by atoms with Crippen molar-refractivity contribution in [3.63, 3.8) is 0 Å². The number of amides is 1. The lowest BCUT2D eigenvalue weighted by Gasteiger charge is -2.16. The van der Waals surface area contributed by atoms with Crippen LogP contribution in [0.4, 0.5) is 5.69 Å². The van der Waals surface area contributed by atoms with Gasteiger partial charge in [-0.05, 0) is 37.2 Å². The van der Waals surface area contributed by atoms with Crippen LogP contribution in [0.1, 0.15) is 18.1 Å². The maximum atomic E-state index is 11.3. The molecule has 0 aromatic heterocycles. The van der Waals surface area contributed by atoms with Crippen molar-refractivity contribution < 1.29 is 4.79 Å². The van der Waals surface area contributed by atoms with E-state index in [4.69, 9.17) is 0 Å². The standard InChI is InChI=1S/C15H23N3O/c1-3-16-7-9-18(2)8-6-12-4-5-14-13(10-12)11-15(19)17-14/h4-5,10,16H,3,6-9,11H2,1-2H3,(H,17,19). The van der Waals surface area contributed by atoms with E-state index >= 15 is 0 Å². The molecule has 1 aliphatic rings. The molecule has 1 aromatic rings. The molecule has 1 heterocycles. The van der Waals surface area contributed by atoms with Crippen LogP contribution >= 0.6 is 0 Å². The van der Waals surface area contributed by atoms with E-state index in [1.54, 1.807) is 0 Å². The number of benzene rings is 1. The number of carbonyl (C=O) groups excluding carboxylic acids is 1. The summed E-state index contributed by atoms with van der Waals surface area (Å²) in [6.07, 6.45) is 1.56. The molecule has 0 saturated carbocycles. The van der Waals surface area contributed by atoms with E-state index in [1.807, 2.05) is 6.07 Å². The van der Waals surface area contributed by atoms with E-state index in [9.17, 15) is 4.79 Å². The fourth-order valence-corrected chi connectivity index (χ4v) is 2.32. The topological polar surface area (TPSA) is 44.4 Å². The van der Waals surface area contributed by atoms with Crippen LogP contribution in [-0.2, 0) is 17.6 Å². The predicted octanol–water partition coefficient (Wildman–Crippen LogP) is 1.26. The van der Waals surface area contributed by atoms with Crippen LogP contribution in [0.25, 0.3) is 0 Å². The Morgan fingerprint density at radius 2 is 2.21 bits per heavy atom. The van der Waals surface area contributed by atoms with Crippen LogP contribution < -0.4 is 10.6 Å². The van der Waals surface area contributed by atoms with Crippen molar-refractivity contribution in [1.29, 1.82) is 0 Å². The van der Waals surface area contributed by atoms with Crippen molar-refractivity contribution in [1.82, 2.24) is 10.2 Å². The largest absolute Gasteiger partial charge is 0.326 e. The van der Waals surface area contributed by atoms with Crippen molar-refractivity contribution in [2.45, 2.75) is 19.8 Å².